The van der Waals surface area contributed by atoms with E-state index in [0.717, 1.165) is 5.46 Å². The van der Waals surface area contributed by atoms with E-state index in [9.17, 15) is 5.11 Å². The van der Waals surface area contributed by atoms with Crippen LogP contribution in [0.15, 0.2) is 200 Å². The molecule has 0 radical (unpaired) electrons. The Morgan fingerprint density at radius 2 is 0.506 bits per heavy atom. The average Bonchev–Trinajstić information content (AvgIpc) is 3.82. The maximum Gasteiger partial charge on any atom is 0.309 e. The lowest BCUT2D eigenvalue weighted by molar-refractivity contribution is -0.0893. The lowest BCUT2D eigenvalue weighted by atomic mass is 9.79. The van der Waals surface area contributed by atoms with E-state index in [1.165, 1.54) is 145 Å². The third kappa shape index (κ3) is 7.82. The van der Waals surface area contributed by atoms with Gasteiger partial charge in [0.1, 0.15) is 0 Å². The third-order valence-corrected chi connectivity index (χ3v) is 20.2. The Morgan fingerprint density at radius 1 is 0.284 bits per heavy atom. The minimum absolute atomic E-state index is 0.0296. The predicted octanol–water partition coefficient (Wildman–Crippen LogP) is 18.8. The van der Waals surface area contributed by atoms with Crippen LogP contribution >= 0.6 is 0 Å². The molecule has 0 aromatic heterocycles. The fourth-order valence-electron chi connectivity index (χ4n) is 14.3. The zero-order valence-electron chi connectivity index (χ0n) is 49.1. The van der Waals surface area contributed by atoms with Crippen LogP contribution in [0.4, 0.5) is 0 Å². The van der Waals surface area contributed by atoms with Crippen LogP contribution in [-0.4, -0.2) is 23.8 Å². The molecule has 0 saturated heterocycles. The van der Waals surface area contributed by atoms with Crippen LogP contribution in [0.5, 0.6) is 0 Å². The number of rotatable bonds is 9. The SMILES string of the molecule is CC1(C)c2ccccc2-c2ccc(-c3ccc4c(c3)C(C)(C)c3cc(-c5ccc(-c6ccc7c(c6)C(C)(C)c6cc(-c8ccc9c(c8)C(C)(C)c8cc(-c%10ccc(BOC(C)(C)C(C)(C)O)cc%10)ccc8-9)ccc6-7)cc5)ccc3-4)cc21. The number of fused-ring (bicyclic) bond motifs is 12. The Morgan fingerprint density at radius 3 is 0.790 bits per heavy atom. The van der Waals surface area contributed by atoms with Crippen molar-refractivity contribution in [2.45, 2.75) is 116 Å². The van der Waals surface area contributed by atoms with Crippen molar-refractivity contribution in [3.63, 3.8) is 0 Å². The predicted molar refractivity (Wildman–Crippen MR) is 342 cm³/mol. The summed E-state index contributed by atoms with van der Waals surface area (Å²) in [5.74, 6) is 0. The van der Waals surface area contributed by atoms with Gasteiger partial charge >= 0.3 is 7.48 Å². The molecule has 398 valence electrons. The van der Waals surface area contributed by atoms with Crippen molar-refractivity contribution in [1.29, 1.82) is 0 Å². The molecule has 14 rings (SSSR count). The first-order chi connectivity index (χ1) is 38.5. The molecule has 0 bridgehead atoms. The number of hydrogen-bond acceptors (Lipinski definition) is 2. The van der Waals surface area contributed by atoms with Crippen molar-refractivity contribution in [3.05, 3.63) is 245 Å². The fourth-order valence-corrected chi connectivity index (χ4v) is 14.3. The number of aliphatic hydroxyl groups is 1. The lowest BCUT2D eigenvalue weighted by Gasteiger charge is -2.37. The second-order valence-electron chi connectivity index (χ2n) is 27.0. The molecule has 0 fully saturated rings. The molecule has 0 saturated carbocycles. The molecule has 3 heteroatoms. The van der Waals surface area contributed by atoms with Crippen LogP contribution in [0.3, 0.4) is 0 Å². The summed E-state index contributed by atoms with van der Waals surface area (Å²) in [4.78, 5) is 0. The summed E-state index contributed by atoms with van der Waals surface area (Å²) in [5, 5.41) is 10.6. The van der Waals surface area contributed by atoms with Crippen LogP contribution in [0.1, 0.15) is 128 Å². The van der Waals surface area contributed by atoms with Crippen molar-refractivity contribution in [2.24, 2.45) is 0 Å². The van der Waals surface area contributed by atoms with E-state index in [0.29, 0.717) is 7.48 Å². The molecule has 2 nitrogen and oxygen atoms in total. The molecule has 0 unspecified atom stereocenters. The van der Waals surface area contributed by atoms with E-state index in [1.54, 1.807) is 13.8 Å². The molecule has 0 aliphatic heterocycles. The Balaban J connectivity index is 0.685. The Kier molecular flexibility index (Phi) is 11.2. The smallest absolute Gasteiger partial charge is 0.309 e. The summed E-state index contributed by atoms with van der Waals surface area (Å²) in [6.45, 7) is 26.5. The van der Waals surface area contributed by atoms with Gasteiger partial charge in [0, 0.05) is 21.7 Å². The van der Waals surface area contributed by atoms with Crippen molar-refractivity contribution in [3.8, 4) is 100 Å². The van der Waals surface area contributed by atoms with E-state index in [1.807, 2.05) is 13.8 Å². The molecule has 0 atom stereocenters. The Hall–Kier alpha value is -7.82. The molecule has 10 aromatic carbocycles. The zero-order chi connectivity index (χ0) is 56.3. The van der Waals surface area contributed by atoms with Crippen molar-refractivity contribution in [2.75, 3.05) is 0 Å². The van der Waals surface area contributed by atoms with Gasteiger partial charge in [0.25, 0.3) is 0 Å². The van der Waals surface area contributed by atoms with Gasteiger partial charge in [-0.3, -0.25) is 0 Å². The van der Waals surface area contributed by atoms with E-state index < -0.39 is 11.2 Å². The first-order valence-electron chi connectivity index (χ1n) is 29.2. The van der Waals surface area contributed by atoms with Gasteiger partial charge in [0.05, 0.1) is 11.2 Å². The maximum atomic E-state index is 10.6. The summed E-state index contributed by atoms with van der Waals surface area (Å²) in [5.41, 5.74) is 33.2. The standard InChI is InChI=1S/C78H71BO2/c1-73(2)65-16-14-13-15-57(65)58-35-26-52(42-66(58)73)53-27-36-62-59-32-23-49(39-67(59)74(3,4)70(62)43-53)46-17-19-47(20-18-46)50-24-33-60-63-37-28-54(44-71(63)75(5,6)68(60)40-50)55-29-38-64-61-34-25-51(41-69(61)76(7,8)72(64)45-55)48-21-30-56(31-22-48)79-81-78(11,12)77(9,10)80/h13-45,79-80H,1-12H3. The minimum atomic E-state index is -0.945. The highest BCUT2D eigenvalue weighted by molar-refractivity contribution is 6.47. The van der Waals surface area contributed by atoms with Crippen LogP contribution in [0.2, 0.25) is 0 Å². The van der Waals surface area contributed by atoms with Gasteiger partial charge in [0.2, 0.25) is 0 Å². The van der Waals surface area contributed by atoms with E-state index in [4.69, 9.17) is 4.65 Å². The largest absolute Gasteiger partial charge is 0.427 e. The molecule has 10 aromatic rings. The van der Waals surface area contributed by atoms with Crippen LogP contribution in [-0.2, 0) is 26.3 Å². The molecule has 4 aliphatic carbocycles. The van der Waals surface area contributed by atoms with Gasteiger partial charge in [0.15, 0.2) is 0 Å². The molecule has 1 N–H and O–H groups in total. The monoisotopic (exact) mass is 1050 g/mol. The molecule has 0 heterocycles. The lowest BCUT2D eigenvalue weighted by Crippen LogP contribution is -2.49. The van der Waals surface area contributed by atoms with E-state index in [-0.39, 0.29) is 21.7 Å². The highest BCUT2D eigenvalue weighted by Gasteiger charge is 2.41. The van der Waals surface area contributed by atoms with Gasteiger partial charge in [-0.25, -0.2) is 0 Å². The summed E-state index contributed by atoms with van der Waals surface area (Å²) >= 11 is 0. The molecular weight excluding hydrogens is 980 g/mol. The molecule has 81 heavy (non-hydrogen) atoms. The topological polar surface area (TPSA) is 29.5 Å². The second kappa shape index (κ2) is 17.6. The number of hydrogen-bond donors (Lipinski definition) is 1. The van der Waals surface area contributed by atoms with Crippen LogP contribution in [0.25, 0.3) is 100 Å². The van der Waals surface area contributed by atoms with Gasteiger partial charge < -0.3 is 9.76 Å². The summed E-state index contributed by atoms with van der Waals surface area (Å²) in [6, 6.07) is 76.6. The van der Waals surface area contributed by atoms with E-state index in [2.05, 4.69) is 256 Å². The summed E-state index contributed by atoms with van der Waals surface area (Å²) in [6.07, 6.45) is 0. The van der Waals surface area contributed by atoms with Gasteiger partial charge in [-0.15, -0.1) is 0 Å². The van der Waals surface area contributed by atoms with Crippen molar-refractivity contribution < 1.29 is 9.76 Å². The molecule has 0 spiro atoms. The fraction of sp³-hybridized carbons (Fsp3) is 0.231. The van der Waals surface area contributed by atoms with Crippen molar-refractivity contribution in [1.82, 2.24) is 0 Å². The summed E-state index contributed by atoms with van der Waals surface area (Å²) < 4.78 is 6.16. The first-order valence-corrected chi connectivity index (χ1v) is 29.2. The normalized spacial score (nSPS) is 15.9. The Bertz CT molecular complexity index is 4270. The quantitative estimate of drug-likeness (QED) is 0.146. The van der Waals surface area contributed by atoms with Gasteiger partial charge in [-0.05, 0) is 215 Å². The maximum absolute atomic E-state index is 10.6. The molecule has 4 aliphatic rings. The second-order valence-corrected chi connectivity index (χ2v) is 27.0. The molecule has 0 amide bonds. The van der Waals surface area contributed by atoms with Crippen molar-refractivity contribution >= 4 is 12.9 Å². The zero-order valence-corrected chi connectivity index (χ0v) is 49.1. The highest BCUT2D eigenvalue weighted by Crippen LogP contribution is 2.55. The van der Waals surface area contributed by atoms with Crippen LogP contribution < -0.4 is 5.46 Å². The number of benzene rings is 10. The Labute approximate surface area is 480 Å². The summed E-state index contributed by atoms with van der Waals surface area (Å²) in [7, 11) is 0.444. The first kappa shape index (κ1) is 51.3. The molecular formula is C78H71BO2. The minimum Gasteiger partial charge on any atom is -0.427 e. The van der Waals surface area contributed by atoms with E-state index >= 15 is 0 Å². The van der Waals surface area contributed by atoms with Gasteiger partial charge in [-0.1, -0.05) is 219 Å². The van der Waals surface area contributed by atoms with Crippen LogP contribution in [0, 0.1) is 0 Å². The average molecular weight is 1050 g/mol. The third-order valence-electron chi connectivity index (χ3n) is 20.2. The van der Waals surface area contributed by atoms with Gasteiger partial charge in [-0.2, -0.15) is 0 Å². The highest BCUT2D eigenvalue weighted by atomic mass is 16.5.